The van der Waals surface area contributed by atoms with Gasteiger partial charge in [0.1, 0.15) is 6.04 Å². The van der Waals surface area contributed by atoms with E-state index in [1.807, 2.05) is 0 Å². The van der Waals surface area contributed by atoms with Crippen molar-refractivity contribution in [3.05, 3.63) is 0 Å². The second kappa shape index (κ2) is 4.45. The van der Waals surface area contributed by atoms with E-state index >= 15 is 0 Å². The van der Waals surface area contributed by atoms with Crippen LogP contribution in [-0.2, 0) is 4.79 Å². The van der Waals surface area contributed by atoms with Gasteiger partial charge in [0.2, 0.25) is 0 Å². The van der Waals surface area contributed by atoms with Crippen molar-refractivity contribution in [2.75, 3.05) is 0 Å². The van der Waals surface area contributed by atoms with Crippen molar-refractivity contribution in [2.24, 2.45) is 0 Å². The van der Waals surface area contributed by atoms with Gasteiger partial charge in [-0.05, 0) is 19.3 Å². The van der Waals surface area contributed by atoms with E-state index in [9.17, 15) is 4.79 Å². The van der Waals surface area contributed by atoms with Crippen LogP contribution >= 0.6 is 0 Å². The number of hydrogen-bond donors (Lipinski definition) is 2. The second-order valence-electron chi connectivity index (χ2n) is 3.47. The summed E-state index contributed by atoms with van der Waals surface area (Å²) in [6.45, 7) is 2.16. The Morgan fingerprint density at radius 3 is 2.83 bits per heavy atom. The van der Waals surface area contributed by atoms with Crippen molar-refractivity contribution in [1.82, 2.24) is 5.32 Å². The van der Waals surface area contributed by atoms with Crippen molar-refractivity contribution >= 4 is 5.97 Å². The monoisotopic (exact) mass is 171 g/mol. The molecule has 1 unspecified atom stereocenters. The van der Waals surface area contributed by atoms with Crippen molar-refractivity contribution in [3.8, 4) is 0 Å². The lowest BCUT2D eigenvalue weighted by atomic mass is 10.1. The van der Waals surface area contributed by atoms with Crippen LogP contribution in [0.5, 0.6) is 0 Å². The van der Waals surface area contributed by atoms with Crippen LogP contribution in [0.1, 0.15) is 39.0 Å². The van der Waals surface area contributed by atoms with Gasteiger partial charge in [0.15, 0.2) is 0 Å². The van der Waals surface area contributed by atoms with E-state index in [1.54, 1.807) is 0 Å². The second-order valence-corrected chi connectivity index (χ2v) is 3.47. The Morgan fingerprint density at radius 2 is 2.33 bits per heavy atom. The first-order valence-corrected chi connectivity index (χ1v) is 4.73. The highest BCUT2D eigenvalue weighted by molar-refractivity contribution is 5.73. The highest BCUT2D eigenvalue weighted by Crippen LogP contribution is 2.16. The smallest absolute Gasteiger partial charge is 0.320 e. The zero-order valence-electron chi connectivity index (χ0n) is 7.55. The Kier molecular flexibility index (Phi) is 3.53. The molecule has 0 saturated carbocycles. The quantitative estimate of drug-likeness (QED) is 0.672. The van der Waals surface area contributed by atoms with Gasteiger partial charge >= 0.3 is 5.97 Å². The van der Waals surface area contributed by atoms with Gasteiger partial charge in [0.25, 0.3) is 0 Å². The number of carboxylic acids is 1. The molecule has 0 bridgehead atoms. The van der Waals surface area contributed by atoms with Crippen LogP contribution in [0.15, 0.2) is 0 Å². The average Bonchev–Trinajstić information content (AvgIpc) is 2.48. The van der Waals surface area contributed by atoms with Gasteiger partial charge in [0, 0.05) is 6.04 Å². The van der Waals surface area contributed by atoms with Crippen LogP contribution in [0.25, 0.3) is 0 Å². The van der Waals surface area contributed by atoms with Crippen molar-refractivity contribution in [2.45, 2.75) is 51.1 Å². The van der Waals surface area contributed by atoms with Crippen LogP contribution in [0.2, 0.25) is 0 Å². The molecule has 0 aliphatic carbocycles. The molecule has 0 aromatic carbocycles. The van der Waals surface area contributed by atoms with Crippen LogP contribution in [0.4, 0.5) is 0 Å². The van der Waals surface area contributed by atoms with Gasteiger partial charge in [0.05, 0.1) is 0 Å². The summed E-state index contributed by atoms with van der Waals surface area (Å²) in [7, 11) is 0. The SMILES string of the molecule is CCCCC1CC[C@@H](C(=O)O)N1. The predicted octanol–water partition coefficient (Wildman–Crippen LogP) is 1.38. The minimum atomic E-state index is -0.700. The zero-order valence-corrected chi connectivity index (χ0v) is 7.55. The molecule has 1 rings (SSSR count). The summed E-state index contributed by atoms with van der Waals surface area (Å²) in [5.74, 6) is -0.700. The van der Waals surface area contributed by atoms with Crippen LogP contribution in [-0.4, -0.2) is 23.2 Å². The number of aliphatic carboxylic acids is 1. The minimum absolute atomic E-state index is 0.285. The van der Waals surface area contributed by atoms with Crippen molar-refractivity contribution < 1.29 is 9.90 Å². The van der Waals surface area contributed by atoms with Gasteiger partial charge < -0.3 is 10.4 Å². The van der Waals surface area contributed by atoms with Crippen LogP contribution in [0.3, 0.4) is 0 Å². The molecule has 0 aromatic rings. The molecule has 0 radical (unpaired) electrons. The maximum atomic E-state index is 10.6. The number of unbranched alkanes of at least 4 members (excludes halogenated alkanes) is 1. The predicted molar refractivity (Wildman–Crippen MR) is 47.1 cm³/mol. The largest absolute Gasteiger partial charge is 0.480 e. The van der Waals surface area contributed by atoms with E-state index in [0.29, 0.717) is 6.04 Å². The topological polar surface area (TPSA) is 49.3 Å². The molecule has 1 saturated heterocycles. The molecule has 0 aromatic heterocycles. The van der Waals surface area contributed by atoms with Gasteiger partial charge in [-0.2, -0.15) is 0 Å². The molecule has 1 fully saturated rings. The molecule has 12 heavy (non-hydrogen) atoms. The Bertz CT molecular complexity index is 159. The molecule has 3 nitrogen and oxygen atoms in total. The Hall–Kier alpha value is -0.570. The number of carbonyl (C=O) groups is 1. The number of carboxylic acid groups (broad SMARTS) is 1. The van der Waals surface area contributed by atoms with Gasteiger partial charge in [-0.25, -0.2) is 0 Å². The first-order valence-electron chi connectivity index (χ1n) is 4.73. The summed E-state index contributed by atoms with van der Waals surface area (Å²) in [4.78, 5) is 10.6. The van der Waals surface area contributed by atoms with E-state index in [0.717, 1.165) is 19.3 Å². The zero-order chi connectivity index (χ0) is 8.97. The standard InChI is InChI=1S/C9H17NO2/c1-2-3-4-7-5-6-8(10-7)9(11)12/h7-8,10H,2-6H2,1H3,(H,11,12)/t7?,8-/m0/s1. The molecule has 0 spiro atoms. The maximum Gasteiger partial charge on any atom is 0.320 e. The van der Waals surface area contributed by atoms with E-state index in [4.69, 9.17) is 5.11 Å². The van der Waals surface area contributed by atoms with Gasteiger partial charge in [-0.15, -0.1) is 0 Å². The Balaban J connectivity index is 2.21. The number of hydrogen-bond acceptors (Lipinski definition) is 2. The average molecular weight is 171 g/mol. The number of rotatable bonds is 4. The van der Waals surface area contributed by atoms with Gasteiger partial charge in [-0.3, -0.25) is 4.79 Å². The summed E-state index contributed by atoms with van der Waals surface area (Å²) >= 11 is 0. The van der Waals surface area contributed by atoms with E-state index in [1.165, 1.54) is 12.8 Å². The lowest BCUT2D eigenvalue weighted by Crippen LogP contribution is -2.35. The Labute approximate surface area is 73.2 Å². The van der Waals surface area contributed by atoms with E-state index in [-0.39, 0.29) is 6.04 Å². The summed E-state index contributed by atoms with van der Waals surface area (Å²) < 4.78 is 0. The molecule has 2 N–H and O–H groups in total. The molecule has 1 aliphatic rings. The first-order chi connectivity index (χ1) is 5.74. The van der Waals surface area contributed by atoms with Crippen LogP contribution < -0.4 is 5.32 Å². The molecule has 1 heterocycles. The molecule has 70 valence electrons. The van der Waals surface area contributed by atoms with Crippen LogP contribution in [0, 0.1) is 0 Å². The fourth-order valence-corrected chi connectivity index (χ4v) is 1.69. The fraction of sp³-hybridized carbons (Fsp3) is 0.889. The molecule has 0 amide bonds. The third-order valence-electron chi connectivity index (χ3n) is 2.44. The lowest BCUT2D eigenvalue weighted by molar-refractivity contribution is -0.139. The third kappa shape index (κ3) is 2.48. The van der Waals surface area contributed by atoms with E-state index < -0.39 is 5.97 Å². The molecule has 1 aliphatic heterocycles. The Morgan fingerprint density at radius 1 is 1.58 bits per heavy atom. The summed E-state index contributed by atoms with van der Waals surface area (Å²) in [6.07, 6.45) is 5.33. The van der Waals surface area contributed by atoms with Crippen molar-refractivity contribution in [3.63, 3.8) is 0 Å². The normalized spacial score (nSPS) is 29.1. The maximum absolute atomic E-state index is 10.6. The third-order valence-corrected chi connectivity index (χ3v) is 2.44. The first kappa shape index (κ1) is 9.52. The molecular weight excluding hydrogens is 154 g/mol. The lowest BCUT2D eigenvalue weighted by Gasteiger charge is -2.10. The summed E-state index contributed by atoms with van der Waals surface area (Å²) in [5.41, 5.74) is 0. The summed E-state index contributed by atoms with van der Waals surface area (Å²) in [6, 6.07) is 0.165. The van der Waals surface area contributed by atoms with Gasteiger partial charge in [-0.1, -0.05) is 19.8 Å². The van der Waals surface area contributed by atoms with Crippen molar-refractivity contribution in [1.29, 1.82) is 0 Å². The highest BCUT2D eigenvalue weighted by atomic mass is 16.4. The fourth-order valence-electron chi connectivity index (χ4n) is 1.69. The van der Waals surface area contributed by atoms with E-state index in [2.05, 4.69) is 12.2 Å². The minimum Gasteiger partial charge on any atom is -0.480 e. The molecular formula is C9H17NO2. The molecule has 2 atom stereocenters. The summed E-state index contributed by atoms with van der Waals surface area (Å²) in [5, 5.41) is 11.8. The molecule has 3 heteroatoms. The number of nitrogens with one attached hydrogen (secondary N) is 1. The highest BCUT2D eigenvalue weighted by Gasteiger charge is 2.27.